The topological polar surface area (TPSA) is 116 Å². The number of carbonyl (C=O) groups is 2. The molecule has 0 aliphatic heterocycles. The minimum absolute atomic E-state index is 0.173. The molecule has 1 aromatic carbocycles. The summed E-state index contributed by atoms with van der Waals surface area (Å²) in [6.45, 7) is 0. The Labute approximate surface area is 104 Å². The van der Waals surface area contributed by atoms with Crippen LogP contribution >= 0.6 is 0 Å². The third kappa shape index (κ3) is 3.99. The van der Waals surface area contributed by atoms with Gasteiger partial charge in [0.15, 0.2) is 0 Å². The van der Waals surface area contributed by atoms with Crippen molar-refractivity contribution in [3.05, 3.63) is 35.9 Å². The second-order valence-electron chi connectivity index (χ2n) is 3.78. The van der Waals surface area contributed by atoms with Gasteiger partial charge in [0.25, 0.3) is 0 Å². The van der Waals surface area contributed by atoms with Gasteiger partial charge >= 0.3 is 5.97 Å². The lowest BCUT2D eigenvalue weighted by atomic mass is 10.1. The van der Waals surface area contributed by atoms with Gasteiger partial charge in [-0.15, -0.1) is 0 Å². The zero-order chi connectivity index (χ0) is 13.5. The summed E-state index contributed by atoms with van der Waals surface area (Å²) in [6, 6.07) is 6.78. The number of hydrogen-bond donors (Lipinski definition) is 4. The van der Waals surface area contributed by atoms with Gasteiger partial charge < -0.3 is 21.6 Å². The minimum Gasteiger partial charge on any atom is -0.480 e. The molecule has 1 amide bonds. The molecule has 1 rings (SSSR count). The summed E-state index contributed by atoms with van der Waals surface area (Å²) in [5, 5.41) is 18.2. The molecule has 5 N–H and O–H groups in total. The number of hydrogen-bond acceptors (Lipinski definition) is 4. The number of nitrogens with one attached hydrogen (secondary N) is 2. The molecule has 0 aliphatic carbocycles. The molecule has 0 radical (unpaired) electrons. The summed E-state index contributed by atoms with van der Waals surface area (Å²) in [5.41, 5.74) is 6.11. The van der Waals surface area contributed by atoms with Crippen molar-refractivity contribution in [1.82, 2.24) is 5.32 Å². The van der Waals surface area contributed by atoms with Gasteiger partial charge in [-0.25, -0.2) is 4.79 Å². The van der Waals surface area contributed by atoms with Crippen molar-refractivity contribution < 1.29 is 14.7 Å². The molecule has 0 heterocycles. The van der Waals surface area contributed by atoms with Crippen LogP contribution in [0, 0.1) is 5.41 Å². The number of carboxylic acid groups (broad SMARTS) is 1. The van der Waals surface area contributed by atoms with Gasteiger partial charge in [0.2, 0.25) is 5.91 Å². The normalized spacial score (nSPS) is 13.4. The van der Waals surface area contributed by atoms with Crippen molar-refractivity contribution in [2.45, 2.75) is 18.5 Å². The third-order valence-electron chi connectivity index (χ3n) is 2.38. The smallest absolute Gasteiger partial charge is 0.326 e. The van der Waals surface area contributed by atoms with Crippen LogP contribution in [0.3, 0.4) is 0 Å². The van der Waals surface area contributed by atoms with Gasteiger partial charge in [-0.05, 0) is 5.56 Å². The molecule has 6 nitrogen and oxygen atoms in total. The lowest BCUT2D eigenvalue weighted by Crippen LogP contribution is -2.49. The van der Waals surface area contributed by atoms with Crippen LogP contribution in [0.15, 0.2) is 30.3 Å². The molecule has 2 atom stereocenters. The number of benzene rings is 1. The predicted molar refractivity (Wildman–Crippen MR) is 66.5 cm³/mol. The predicted octanol–water partition coefficient (Wildman–Crippen LogP) is -0.225. The number of aliphatic carboxylic acids is 1. The van der Waals surface area contributed by atoms with E-state index in [1.807, 2.05) is 6.07 Å². The van der Waals surface area contributed by atoms with E-state index in [0.717, 1.165) is 11.8 Å². The van der Waals surface area contributed by atoms with Crippen LogP contribution in [0.25, 0.3) is 0 Å². The fourth-order valence-corrected chi connectivity index (χ4v) is 1.39. The molecule has 0 fully saturated rings. The highest BCUT2D eigenvalue weighted by Crippen LogP contribution is 2.03. The first-order valence-electron chi connectivity index (χ1n) is 5.38. The Bertz CT molecular complexity index is 433. The highest BCUT2D eigenvalue weighted by Gasteiger charge is 2.22. The number of rotatable bonds is 6. The second kappa shape index (κ2) is 6.51. The summed E-state index contributed by atoms with van der Waals surface area (Å²) in [5.74, 6) is -1.81. The molecule has 0 unspecified atom stereocenters. The molecular formula is C12H15N3O3. The van der Waals surface area contributed by atoms with Crippen molar-refractivity contribution >= 4 is 18.1 Å². The second-order valence-corrected chi connectivity index (χ2v) is 3.78. The molecule has 0 bridgehead atoms. The van der Waals surface area contributed by atoms with Crippen LogP contribution in [0.4, 0.5) is 0 Å². The quantitative estimate of drug-likeness (QED) is 0.521. The van der Waals surface area contributed by atoms with Gasteiger partial charge in [-0.1, -0.05) is 30.3 Å². The van der Waals surface area contributed by atoms with Crippen molar-refractivity contribution in [2.24, 2.45) is 5.73 Å². The maximum Gasteiger partial charge on any atom is 0.326 e. The van der Waals surface area contributed by atoms with E-state index < -0.39 is 24.0 Å². The molecule has 0 aromatic heterocycles. The Balaban J connectivity index is 2.69. The first kappa shape index (κ1) is 13.9. The summed E-state index contributed by atoms with van der Waals surface area (Å²) >= 11 is 0. The fourth-order valence-electron chi connectivity index (χ4n) is 1.39. The maximum absolute atomic E-state index is 11.4. The average Bonchev–Trinajstić information content (AvgIpc) is 2.37. The fraction of sp³-hybridized carbons (Fsp3) is 0.250. The van der Waals surface area contributed by atoms with Crippen LogP contribution in [-0.4, -0.2) is 35.3 Å². The van der Waals surface area contributed by atoms with E-state index in [4.69, 9.17) is 16.2 Å². The van der Waals surface area contributed by atoms with Crippen molar-refractivity contribution in [2.75, 3.05) is 0 Å². The highest BCUT2D eigenvalue weighted by molar-refractivity contribution is 5.98. The first-order chi connectivity index (χ1) is 8.54. The highest BCUT2D eigenvalue weighted by atomic mass is 16.4. The summed E-state index contributed by atoms with van der Waals surface area (Å²) in [4.78, 5) is 22.5. The van der Waals surface area contributed by atoms with E-state index in [2.05, 4.69) is 5.32 Å². The maximum atomic E-state index is 11.4. The van der Waals surface area contributed by atoms with Crippen LogP contribution in [-0.2, 0) is 16.0 Å². The average molecular weight is 249 g/mol. The van der Waals surface area contributed by atoms with E-state index >= 15 is 0 Å². The van der Waals surface area contributed by atoms with E-state index in [1.165, 1.54) is 0 Å². The van der Waals surface area contributed by atoms with Crippen LogP contribution < -0.4 is 11.1 Å². The summed E-state index contributed by atoms with van der Waals surface area (Å²) < 4.78 is 0. The molecule has 1 aromatic rings. The Morgan fingerprint density at radius 2 is 2.00 bits per heavy atom. The Morgan fingerprint density at radius 1 is 1.39 bits per heavy atom. The van der Waals surface area contributed by atoms with Gasteiger partial charge in [-0.3, -0.25) is 4.79 Å². The van der Waals surface area contributed by atoms with E-state index in [9.17, 15) is 9.59 Å². The standard InChI is InChI=1S/C12H15N3O3/c13-7-9(14)11(16)15-10(12(17)18)6-8-4-2-1-3-5-8/h1-5,7,9-10,13H,6,14H2,(H,15,16)(H,17,18)/t9-,10-/m0/s1. The Kier molecular flexibility index (Phi) is 5.01. The van der Waals surface area contributed by atoms with E-state index in [-0.39, 0.29) is 6.42 Å². The van der Waals surface area contributed by atoms with Crippen molar-refractivity contribution in [3.63, 3.8) is 0 Å². The monoisotopic (exact) mass is 249 g/mol. The molecule has 18 heavy (non-hydrogen) atoms. The summed E-state index contributed by atoms with van der Waals surface area (Å²) in [6.07, 6.45) is 0.934. The third-order valence-corrected chi connectivity index (χ3v) is 2.38. The molecule has 0 saturated carbocycles. The molecule has 6 heteroatoms. The largest absolute Gasteiger partial charge is 0.480 e. The number of carboxylic acids is 1. The van der Waals surface area contributed by atoms with Gasteiger partial charge in [0.1, 0.15) is 12.1 Å². The Morgan fingerprint density at radius 3 is 2.50 bits per heavy atom. The number of amides is 1. The van der Waals surface area contributed by atoms with Crippen molar-refractivity contribution in [1.29, 1.82) is 5.41 Å². The molecule has 0 spiro atoms. The van der Waals surface area contributed by atoms with Gasteiger partial charge in [0.05, 0.1) is 0 Å². The van der Waals surface area contributed by atoms with Gasteiger partial charge in [0, 0.05) is 12.6 Å². The van der Waals surface area contributed by atoms with Crippen LogP contribution in [0.5, 0.6) is 0 Å². The van der Waals surface area contributed by atoms with Crippen LogP contribution in [0.2, 0.25) is 0 Å². The van der Waals surface area contributed by atoms with E-state index in [0.29, 0.717) is 0 Å². The lowest BCUT2D eigenvalue weighted by Gasteiger charge is -2.16. The minimum atomic E-state index is -1.13. The molecule has 0 saturated heterocycles. The molecular weight excluding hydrogens is 234 g/mol. The zero-order valence-electron chi connectivity index (χ0n) is 9.67. The van der Waals surface area contributed by atoms with Crippen LogP contribution in [0.1, 0.15) is 5.56 Å². The SMILES string of the molecule is N=C[C@H](N)C(=O)N[C@@H](Cc1ccccc1)C(=O)O. The lowest BCUT2D eigenvalue weighted by molar-refractivity contribution is -0.141. The molecule has 0 aliphatic rings. The molecule has 96 valence electrons. The first-order valence-corrected chi connectivity index (χ1v) is 5.38. The number of carbonyl (C=O) groups excluding carboxylic acids is 1. The van der Waals surface area contributed by atoms with Crippen molar-refractivity contribution in [3.8, 4) is 0 Å². The zero-order valence-corrected chi connectivity index (χ0v) is 9.67. The van der Waals surface area contributed by atoms with Gasteiger partial charge in [-0.2, -0.15) is 0 Å². The van der Waals surface area contributed by atoms with E-state index in [1.54, 1.807) is 24.3 Å². The number of nitrogens with two attached hydrogens (primary N) is 1. The summed E-state index contributed by atoms with van der Waals surface area (Å²) in [7, 11) is 0. The Hall–Kier alpha value is -2.21.